The molecule has 0 saturated heterocycles. The zero-order valence-corrected chi connectivity index (χ0v) is 14.6. The van der Waals surface area contributed by atoms with Crippen molar-refractivity contribution in [2.75, 3.05) is 7.05 Å². The quantitative estimate of drug-likeness (QED) is 0.722. The minimum Gasteiger partial charge on any atom is -0.332 e. The van der Waals surface area contributed by atoms with Crippen LogP contribution in [-0.4, -0.2) is 27.8 Å². The van der Waals surface area contributed by atoms with Crippen LogP contribution >= 0.6 is 22.7 Å². The maximum Gasteiger partial charge on any atom is 0.266 e. The van der Waals surface area contributed by atoms with Gasteiger partial charge in [-0.1, -0.05) is 12.1 Å². The second-order valence-electron chi connectivity index (χ2n) is 5.26. The Morgan fingerprint density at radius 3 is 2.55 bits per heavy atom. The van der Waals surface area contributed by atoms with Gasteiger partial charge >= 0.3 is 0 Å². The monoisotopic (exact) mass is 331 g/mol. The fourth-order valence-electron chi connectivity index (χ4n) is 2.30. The molecule has 1 aromatic carbocycles. The van der Waals surface area contributed by atoms with Crippen LogP contribution in [0.2, 0.25) is 0 Å². The number of carbonyl (C=O) groups is 1. The van der Waals surface area contributed by atoms with E-state index in [1.54, 1.807) is 16.2 Å². The fraction of sp³-hybridized carbons (Fsp3) is 0.312. The number of carbonyl (C=O) groups excluding carboxylic acids is 1. The van der Waals surface area contributed by atoms with Crippen molar-refractivity contribution in [3.05, 3.63) is 44.9 Å². The average Bonchev–Trinajstić information content (AvgIpc) is 3.07. The largest absolute Gasteiger partial charge is 0.332 e. The lowest BCUT2D eigenvalue weighted by Gasteiger charge is -2.22. The third-order valence-electron chi connectivity index (χ3n) is 3.67. The summed E-state index contributed by atoms with van der Waals surface area (Å²) in [4.78, 5) is 24.1. The SMILES string of the molecule is Cc1nc(C)c(C(=O)N(C)[C@H](C)c2nc3ccccc3s2)s1. The van der Waals surface area contributed by atoms with Crippen LogP contribution in [0.5, 0.6) is 0 Å². The van der Waals surface area contributed by atoms with Gasteiger partial charge < -0.3 is 4.90 Å². The lowest BCUT2D eigenvalue weighted by atomic mass is 10.2. The minimum absolute atomic E-state index is 0.00913. The van der Waals surface area contributed by atoms with Crippen LogP contribution in [-0.2, 0) is 0 Å². The number of aryl methyl sites for hydroxylation is 2. The Balaban J connectivity index is 1.89. The number of hydrogen-bond donors (Lipinski definition) is 0. The molecule has 0 spiro atoms. The molecule has 0 unspecified atom stereocenters. The number of amides is 1. The molecule has 0 saturated carbocycles. The van der Waals surface area contributed by atoms with Crippen LogP contribution in [0.3, 0.4) is 0 Å². The normalized spacial score (nSPS) is 12.5. The van der Waals surface area contributed by atoms with Gasteiger partial charge in [-0.15, -0.1) is 22.7 Å². The molecule has 2 aromatic heterocycles. The molecule has 0 aliphatic rings. The molecular formula is C16H17N3OS2. The summed E-state index contributed by atoms with van der Waals surface area (Å²) in [5, 5.41) is 1.87. The summed E-state index contributed by atoms with van der Waals surface area (Å²) >= 11 is 3.09. The highest BCUT2D eigenvalue weighted by atomic mass is 32.1. The molecule has 0 aliphatic heterocycles. The number of hydrogen-bond acceptors (Lipinski definition) is 5. The Morgan fingerprint density at radius 2 is 1.91 bits per heavy atom. The van der Waals surface area contributed by atoms with Crippen molar-refractivity contribution in [1.82, 2.24) is 14.9 Å². The Hall–Kier alpha value is -1.79. The lowest BCUT2D eigenvalue weighted by molar-refractivity contribution is 0.0746. The zero-order chi connectivity index (χ0) is 15.9. The van der Waals surface area contributed by atoms with E-state index in [4.69, 9.17) is 0 Å². The second kappa shape index (κ2) is 5.78. The van der Waals surface area contributed by atoms with E-state index in [1.807, 2.05) is 46.0 Å². The molecule has 1 amide bonds. The van der Waals surface area contributed by atoms with E-state index >= 15 is 0 Å². The molecule has 22 heavy (non-hydrogen) atoms. The number of para-hydroxylation sites is 1. The van der Waals surface area contributed by atoms with Gasteiger partial charge in [0.05, 0.1) is 27.0 Å². The second-order valence-corrected chi connectivity index (χ2v) is 7.52. The number of aromatic nitrogens is 2. The molecule has 3 aromatic rings. The van der Waals surface area contributed by atoms with E-state index < -0.39 is 0 Å². The van der Waals surface area contributed by atoms with Crippen LogP contribution < -0.4 is 0 Å². The number of thiazole rings is 2. The van der Waals surface area contributed by atoms with Crippen molar-refractivity contribution in [3.63, 3.8) is 0 Å². The van der Waals surface area contributed by atoms with Crippen LogP contribution in [0, 0.1) is 13.8 Å². The summed E-state index contributed by atoms with van der Waals surface area (Å²) in [6.45, 7) is 5.82. The van der Waals surface area contributed by atoms with Gasteiger partial charge in [-0.3, -0.25) is 4.79 Å². The van der Waals surface area contributed by atoms with Crippen molar-refractivity contribution in [2.24, 2.45) is 0 Å². The van der Waals surface area contributed by atoms with Crippen LogP contribution in [0.15, 0.2) is 24.3 Å². The summed E-state index contributed by atoms with van der Waals surface area (Å²) in [5.41, 5.74) is 1.79. The van der Waals surface area contributed by atoms with E-state index in [0.717, 1.165) is 25.9 Å². The first-order valence-corrected chi connectivity index (χ1v) is 8.67. The molecule has 0 radical (unpaired) electrons. The molecule has 2 heterocycles. The minimum atomic E-state index is -0.0632. The third kappa shape index (κ3) is 2.64. The average molecular weight is 331 g/mol. The number of benzene rings is 1. The first-order chi connectivity index (χ1) is 10.5. The number of fused-ring (bicyclic) bond motifs is 1. The molecule has 3 rings (SSSR count). The number of rotatable bonds is 3. The maximum absolute atomic E-state index is 12.7. The smallest absolute Gasteiger partial charge is 0.266 e. The molecule has 114 valence electrons. The van der Waals surface area contributed by atoms with E-state index in [9.17, 15) is 4.79 Å². The van der Waals surface area contributed by atoms with Gasteiger partial charge in [-0.2, -0.15) is 0 Å². The van der Waals surface area contributed by atoms with Gasteiger partial charge in [0.25, 0.3) is 5.91 Å². The summed E-state index contributed by atoms with van der Waals surface area (Å²) in [7, 11) is 1.83. The molecule has 1 atom stereocenters. The van der Waals surface area contributed by atoms with Gasteiger partial charge in [-0.25, -0.2) is 9.97 Å². The molecule has 0 fully saturated rings. The van der Waals surface area contributed by atoms with Crippen molar-refractivity contribution in [3.8, 4) is 0 Å². The zero-order valence-electron chi connectivity index (χ0n) is 13.0. The van der Waals surface area contributed by atoms with Crippen molar-refractivity contribution < 1.29 is 4.79 Å². The van der Waals surface area contributed by atoms with Crippen LogP contribution in [0.4, 0.5) is 0 Å². The Labute approximate surface area is 137 Å². The van der Waals surface area contributed by atoms with E-state index in [0.29, 0.717) is 4.88 Å². The van der Waals surface area contributed by atoms with Crippen molar-refractivity contribution >= 4 is 38.8 Å². The highest BCUT2D eigenvalue weighted by Crippen LogP contribution is 2.30. The summed E-state index contributed by atoms with van der Waals surface area (Å²) < 4.78 is 1.15. The van der Waals surface area contributed by atoms with Crippen molar-refractivity contribution in [1.29, 1.82) is 0 Å². The fourth-order valence-corrected chi connectivity index (χ4v) is 4.27. The van der Waals surface area contributed by atoms with Gasteiger partial charge in [0.15, 0.2) is 0 Å². The third-order valence-corrected chi connectivity index (χ3v) is 5.93. The molecule has 0 aliphatic carbocycles. The molecule has 6 heteroatoms. The Bertz CT molecular complexity index is 804. The highest BCUT2D eigenvalue weighted by Gasteiger charge is 2.24. The predicted molar refractivity (Wildman–Crippen MR) is 91.7 cm³/mol. The topological polar surface area (TPSA) is 46.1 Å². The van der Waals surface area contributed by atoms with Gasteiger partial charge in [0, 0.05) is 7.05 Å². The van der Waals surface area contributed by atoms with E-state index in [1.165, 1.54) is 11.3 Å². The van der Waals surface area contributed by atoms with Gasteiger partial charge in [0.2, 0.25) is 0 Å². The molecule has 4 nitrogen and oxygen atoms in total. The van der Waals surface area contributed by atoms with Crippen molar-refractivity contribution in [2.45, 2.75) is 26.8 Å². The first-order valence-electron chi connectivity index (χ1n) is 7.04. The molecular weight excluding hydrogens is 314 g/mol. The van der Waals surface area contributed by atoms with Crippen LogP contribution in [0.25, 0.3) is 10.2 Å². The predicted octanol–water partition coefficient (Wildman–Crippen LogP) is 4.20. The lowest BCUT2D eigenvalue weighted by Crippen LogP contribution is -2.29. The van der Waals surface area contributed by atoms with Crippen LogP contribution in [0.1, 0.15) is 38.3 Å². The summed E-state index contributed by atoms with van der Waals surface area (Å²) in [6.07, 6.45) is 0. The van der Waals surface area contributed by atoms with Gasteiger partial charge in [-0.05, 0) is 32.9 Å². The number of nitrogens with zero attached hydrogens (tertiary/aromatic N) is 3. The summed E-state index contributed by atoms with van der Waals surface area (Å²) in [6, 6.07) is 7.98. The maximum atomic E-state index is 12.7. The summed E-state index contributed by atoms with van der Waals surface area (Å²) in [5.74, 6) is 0.00913. The molecule has 0 N–H and O–H groups in total. The Morgan fingerprint density at radius 1 is 1.18 bits per heavy atom. The van der Waals surface area contributed by atoms with E-state index in [2.05, 4.69) is 16.0 Å². The highest BCUT2D eigenvalue weighted by molar-refractivity contribution is 7.18. The van der Waals surface area contributed by atoms with E-state index in [-0.39, 0.29) is 11.9 Å². The standard InChI is InChI=1S/C16H17N3OS2/c1-9-14(21-11(3)17-9)16(20)19(4)10(2)15-18-12-7-5-6-8-13(12)22-15/h5-8,10H,1-4H3/t10-/m1/s1. The molecule has 0 bridgehead atoms. The first kappa shape index (κ1) is 15.1. The Kier molecular flexibility index (Phi) is 3.97. The van der Waals surface area contributed by atoms with Gasteiger partial charge in [0.1, 0.15) is 9.88 Å².